The number of nitrogens with one attached hydrogen (secondary N) is 2. The third-order valence-electron chi connectivity index (χ3n) is 6.44. The Balaban J connectivity index is 1.67. The van der Waals surface area contributed by atoms with Crippen LogP contribution in [0.1, 0.15) is 50.3 Å². The van der Waals surface area contributed by atoms with Crippen molar-refractivity contribution < 1.29 is 22.4 Å². The van der Waals surface area contributed by atoms with Gasteiger partial charge in [0.2, 0.25) is 5.91 Å². The smallest absolute Gasteiger partial charge is 0.407 e. The topological polar surface area (TPSA) is 81.3 Å². The van der Waals surface area contributed by atoms with Crippen LogP contribution in [0, 0.1) is 17.2 Å². The molecule has 4 rings (SSSR count). The van der Waals surface area contributed by atoms with Crippen LogP contribution in [0.2, 0.25) is 0 Å². The quantitative estimate of drug-likeness (QED) is 0.410. The Labute approximate surface area is 208 Å². The lowest BCUT2D eigenvalue weighted by molar-refractivity contribution is -0.161. The number of fused-ring (bicyclic) bond motifs is 3. The van der Waals surface area contributed by atoms with Crippen molar-refractivity contribution in [2.45, 2.75) is 63.5 Å². The summed E-state index contributed by atoms with van der Waals surface area (Å²) in [4.78, 5) is 14.9. The fourth-order valence-electron chi connectivity index (χ4n) is 4.50. The number of amides is 1. The molecule has 1 fully saturated rings. The van der Waals surface area contributed by atoms with Crippen LogP contribution >= 0.6 is 0 Å². The van der Waals surface area contributed by atoms with Gasteiger partial charge in [0.15, 0.2) is 0 Å². The van der Waals surface area contributed by atoms with Crippen molar-refractivity contribution in [1.82, 2.24) is 15.5 Å². The second-order valence-corrected chi connectivity index (χ2v) is 10.4. The molecule has 1 saturated carbocycles. The van der Waals surface area contributed by atoms with E-state index in [-0.39, 0.29) is 17.9 Å². The second-order valence-electron chi connectivity index (χ2n) is 10.4. The standard InChI is InChI=1S/C27H31F3N4O2/c1-16(2)11-21(25(35)33-26(15-31)9-10-26)32-24(27(28,29)30)18-6-7-19-20-12-17(14-34(3)4)5-8-22(20)36-23(19)13-18/h5-8,12-13,16,21,24,32H,9-11,14H2,1-4H3,(H,33,35)/t21?,24-/m0/s1. The number of carbonyl (C=O) groups is 1. The van der Waals surface area contributed by atoms with Gasteiger partial charge in [-0.05, 0) is 68.6 Å². The van der Waals surface area contributed by atoms with E-state index in [4.69, 9.17) is 4.42 Å². The van der Waals surface area contributed by atoms with Gasteiger partial charge in [-0.25, -0.2) is 0 Å². The van der Waals surface area contributed by atoms with Crippen LogP contribution in [-0.4, -0.2) is 42.7 Å². The molecular weight excluding hydrogens is 469 g/mol. The molecule has 1 aromatic heterocycles. The van der Waals surface area contributed by atoms with Gasteiger partial charge in [0.05, 0.1) is 12.1 Å². The highest BCUT2D eigenvalue weighted by Gasteiger charge is 2.47. The number of nitriles is 1. The van der Waals surface area contributed by atoms with E-state index in [1.165, 1.54) is 12.1 Å². The number of nitrogens with zero attached hydrogens (tertiary/aromatic N) is 2. The van der Waals surface area contributed by atoms with Crippen LogP contribution in [0.4, 0.5) is 13.2 Å². The molecule has 1 aliphatic carbocycles. The van der Waals surface area contributed by atoms with E-state index < -0.39 is 29.7 Å². The summed E-state index contributed by atoms with van der Waals surface area (Å²) in [6.07, 6.45) is -3.45. The zero-order chi connectivity index (χ0) is 26.3. The Morgan fingerprint density at radius 3 is 2.44 bits per heavy atom. The lowest BCUT2D eigenvalue weighted by Crippen LogP contribution is -2.52. The Hall–Kier alpha value is -3.09. The Morgan fingerprint density at radius 1 is 1.14 bits per heavy atom. The lowest BCUT2D eigenvalue weighted by Gasteiger charge is -2.29. The van der Waals surface area contributed by atoms with E-state index in [1.54, 1.807) is 6.07 Å². The Morgan fingerprint density at radius 2 is 1.86 bits per heavy atom. The number of hydrogen-bond donors (Lipinski definition) is 2. The molecule has 0 spiro atoms. The number of furan rings is 1. The van der Waals surface area contributed by atoms with Crippen molar-refractivity contribution in [3.63, 3.8) is 0 Å². The fraction of sp³-hybridized carbons (Fsp3) is 0.481. The van der Waals surface area contributed by atoms with E-state index in [0.717, 1.165) is 22.9 Å². The predicted octanol–water partition coefficient (Wildman–Crippen LogP) is 5.43. The highest BCUT2D eigenvalue weighted by Crippen LogP contribution is 2.38. The van der Waals surface area contributed by atoms with Crippen LogP contribution in [0.15, 0.2) is 40.8 Å². The normalized spacial score (nSPS) is 16.9. The van der Waals surface area contributed by atoms with E-state index in [2.05, 4.69) is 16.7 Å². The van der Waals surface area contributed by atoms with Gasteiger partial charge in [0, 0.05) is 17.3 Å². The van der Waals surface area contributed by atoms with Gasteiger partial charge in [-0.3, -0.25) is 10.1 Å². The summed E-state index contributed by atoms with van der Waals surface area (Å²) in [5.41, 5.74) is 1.03. The second kappa shape index (κ2) is 9.75. The van der Waals surface area contributed by atoms with Gasteiger partial charge in [-0.2, -0.15) is 18.4 Å². The number of hydrogen-bond acceptors (Lipinski definition) is 5. The maximum Gasteiger partial charge on any atom is 0.407 e. The Kier molecular flexibility index (Phi) is 7.04. The molecule has 0 radical (unpaired) electrons. The molecule has 6 nitrogen and oxygen atoms in total. The summed E-state index contributed by atoms with van der Waals surface area (Å²) in [6.45, 7) is 4.41. The van der Waals surface area contributed by atoms with Crippen molar-refractivity contribution >= 4 is 27.8 Å². The Bertz CT molecular complexity index is 1300. The van der Waals surface area contributed by atoms with Crippen LogP contribution in [0.3, 0.4) is 0 Å². The predicted molar refractivity (Wildman–Crippen MR) is 132 cm³/mol. The minimum atomic E-state index is -4.65. The van der Waals surface area contributed by atoms with Gasteiger partial charge in [-0.1, -0.05) is 32.0 Å². The number of halogens is 3. The molecule has 36 heavy (non-hydrogen) atoms. The van der Waals surface area contributed by atoms with Gasteiger partial charge in [0.1, 0.15) is 22.7 Å². The molecule has 9 heteroatoms. The highest BCUT2D eigenvalue weighted by atomic mass is 19.4. The van der Waals surface area contributed by atoms with Gasteiger partial charge >= 0.3 is 6.18 Å². The molecule has 0 aliphatic heterocycles. The summed E-state index contributed by atoms with van der Waals surface area (Å²) < 4.78 is 48.7. The highest BCUT2D eigenvalue weighted by molar-refractivity contribution is 6.05. The number of alkyl halides is 3. The summed E-state index contributed by atoms with van der Waals surface area (Å²) in [7, 11) is 3.93. The minimum Gasteiger partial charge on any atom is -0.456 e. The monoisotopic (exact) mass is 500 g/mol. The minimum absolute atomic E-state index is 0.0337. The van der Waals surface area contributed by atoms with Crippen molar-refractivity contribution in [3.05, 3.63) is 47.5 Å². The van der Waals surface area contributed by atoms with Crippen molar-refractivity contribution in [3.8, 4) is 6.07 Å². The van der Waals surface area contributed by atoms with Crippen molar-refractivity contribution in [2.75, 3.05) is 14.1 Å². The van der Waals surface area contributed by atoms with E-state index >= 15 is 0 Å². The fourth-order valence-corrected chi connectivity index (χ4v) is 4.50. The first kappa shape index (κ1) is 26.0. The maximum absolute atomic E-state index is 14.3. The van der Waals surface area contributed by atoms with Crippen molar-refractivity contribution in [2.24, 2.45) is 5.92 Å². The number of rotatable bonds is 9. The van der Waals surface area contributed by atoms with E-state index in [1.807, 2.05) is 51.0 Å². The molecule has 2 atom stereocenters. The SMILES string of the molecule is CC(C)CC(N[C@@H](c1ccc2c(c1)oc1ccc(CN(C)C)cc12)C(F)(F)F)C(=O)NC1(C#N)CC1. The molecule has 2 N–H and O–H groups in total. The molecule has 0 saturated heterocycles. The zero-order valence-corrected chi connectivity index (χ0v) is 20.9. The van der Waals surface area contributed by atoms with Crippen LogP contribution in [-0.2, 0) is 11.3 Å². The molecule has 1 heterocycles. The van der Waals surface area contributed by atoms with E-state index in [0.29, 0.717) is 24.0 Å². The molecule has 1 aliphatic rings. The molecule has 0 bridgehead atoms. The third kappa shape index (κ3) is 5.66. The molecule has 1 unspecified atom stereocenters. The lowest BCUT2D eigenvalue weighted by atomic mass is 9.98. The summed E-state index contributed by atoms with van der Waals surface area (Å²) in [5, 5.41) is 16.1. The molecular formula is C27H31F3N4O2. The molecule has 3 aromatic rings. The summed E-state index contributed by atoms with van der Waals surface area (Å²) >= 11 is 0. The molecule has 1 amide bonds. The zero-order valence-electron chi connectivity index (χ0n) is 20.9. The first-order valence-electron chi connectivity index (χ1n) is 12.1. The largest absolute Gasteiger partial charge is 0.456 e. The van der Waals surface area contributed by atoms with Crippen LogP contribution in [0.25, 0.3) is 21.9 Å². The maximum atomic E-state index is 14.3. The summed E-state index contributed by atoms with van der Waals surface area (Å²) in [5.74, 6) is -0.621. The third-order valence-corrected chi connectivity index (χ3v) is 6.44. The summed E-state index contributed by atoms with van der Waals surface area (Å²) in [6, 6.07) is 9.11. The average Bonchev–Trinajstić information content (AvgIpc) is 3.46. The average molecular weight is 501 g/mol. The van der Waals surface area contributed by atoms with E-state index in [9.17, 15) is 23.2 Å². The van der Waals surface area contributed by atoms with Crippen LogP contribution < -0.4 is 10.6 Å². The van der Waals surface area contributed by atoms with Gasteiger partial charge in [0.25, 0.3) is 0 Å². The molecule has 192 valence electrons. The number of benzene rings is 2. The van der Waals surface area contributed by atoms with Gasteiger partial charge in [-0.15, -0.1) is 0 Å². The van der Waals surface area contributed by atoms with Crippen molar-refractivity contribution in [1.29, 1.82) is 5.26 Å². The number of carbonyl (C=O) groups excluding carboxylic acids is 1. The van der Waals surface area contributed by atoms with Crippen LogP contribution in [0.5, 0.6) is 0 Å². The molecule has 2 aromatic carbocycles. The first-order valence-corrected chi connectivity index (χ1v) is 12.1. The van der Waals surface area contributed by atoms with Gasteiger partial charge < -0.3 is 14.6 Å². The first-order chi connectivity index (χ1) is 16.9.